The molecule has 0 radical (unpaired) electrons. The van der Waals surface area contributed by atoms with Crippen LogP contribution in [0.15, 0.2) is 24.3 Å². The fourth-order valence-corrected chi connectivity index (χ4v) is 3.43. The van der Waals surface area contributed by atoms with Crippen molar-refractivity contribution in [2.24, 2.45) is 0 Å². The van der Waals surface area contributed by atoms with Crippen LogP contribution in [0.1, 0.15) is 30.6 Å². The van der Waals surface area contributed by atoms with Crippen LogP contribution in [-0.4, -0.2) is 47.9 Å². The quantitative estimate of drug-likeness (QED) is 0.798. The number of carbonyl (C=O) groups excluding carboxylic acids is 1. The van der Waals surface area contributed by atoms with Gasteiger partial charge < -0.3 is 4.74 Å². The molecule has 1 heterocycles. The smallest absolute Gasteiger partial charge is 0.176 e. The number of ether oxygens (including phenoxy) is 1. The Kier molecular flexibility index (Phi) is 5.11. The Labute approximate surface area is 125 Å². The van der Waals surface area contributed by atoms with Gasteiger partial charge in [0.1, 0.15) is 5.75 Å². The van der Waals surface area contributed by atoms with Crippen molar-refractivity contribution in [1.29, 1.82) is 0 Å². The maximum absolute atomic E-state index is 12.3. The first-order valence-corrected chi connectivity index (χ1v) is 8.02. The van der Waals surface area contributed by atoms with Crippen LogP contribution in [0, 0.1) is 0 Å². The van der Waals surface area contributed by atoms with Crippen molar-refractivity contribution in [2.45, 2.75) is 25.0 Å². The van der Waals surface area contributed by atoms with Crippen LogP contribution in [0.25, 0.3) is 0 Å². The Hall–Kier alpha value is -1.00. The second-order valence-corrected chi connectivity index (χ2v) is 7.59. The molecule has 1 aliphatic rings. The molecule has 0 amide bonds. The number of nitrogens with zero attached hydrogens (tertiary/aromatic N) is 1. The lowest BCUT2D eigenvalue weighted by atomic mass is 10.1. The number of ketones is 1. The van der Waals surface area contributed by atoms with Gasteiger partial charge in [0.25, 0.3) is 0 Å². The van der Waals surface area contributed by atoms with Crippen molar-refractivity contribution < 1.29 is 9.53 Å². The van der Waals surface area contributed by atoms with Crippen LogP contribution in [0.3, 0.4) is 0 Å². The Bertz CT molecular complexity index is 456. The van der Waals surface area contributed by atoms with Crippen LogP contribution >= 0.6 is 11.8 Å². The van der Waals surface area contributed by atoms with Gasteiger partial charge in [-0.05, 0) is 37.2 Å². The minimum Gasteiger partial charge on any atom is -0.497 e. The zero-order chi connectivity index (χ0) is 14.6. The number of hydrogen-bond acceptors (Lipinski definition) is 4. The lowest BCUT2D eigenvalue weighted by Gasteiger charge is -2.22. The SMILES string of the molecule is COc1ccc(C(=O)CN2CCSC(C)(C)CC2)cc1. The molecule has 1 aliphatic heterocycles. The summed E-state index contributed by atoms with van der Waals surface area (Å²) in [5.74, 6) is 2.08. The highest BCUT2D eigenvalue weighted by Gasteiger charge is 2.24. The molecule has 1 aromatic carbocycles. The molecule has 0 aliphatic carbocycles. The minimum absolute atomic E-state index is 0.192. The van der Waals surface area contributed by atoms with Gasteiger partial charge in [0.05, 0.1) is 13.7 Å². The zero-order valence-electron chi connectivity index (χ0n) is 12.5. The number of rotatable bonds is 4. The number of Topliss-reactive ketones (excluding diaryl/α,β-unsaturated/α-hetero) is 1. The summed E-state index contributed by atoms with van der Waals surface area (Å²) in [6.07, 6.45) is 1.13. The molecule has 0 unspecified atom stereocenters. The molecule has 4 heteroatoms. The van der Waals surface area contributed by atoms with Crippen LogP contribution in [0.4, 0.5) is 0 Å². The van der Waals surface area contributed by atoms with Crippen LogP contribution in [0.2, 0.25) is 0 Å². The van der Waals surface area contributed by atoms with Crippen LogP contribution < -0.4 is 4.74 Å². The van der Waals surface area contributed by atoms with E-state index in [2.05, 4.69) is 18.7 Å². The van der Waals surface area contributed by atoms with E-state index in [1.54, 1.807) is 7.11 Å². The summed E-state index contributed by atoms with van der Waals surface area (Å²) in [6, 6.07) is 7.37. The highest BCUT2D eigenvalue weighted by molar-refractivity contribution is 8.00. The fraction of sp³-hybridized carbons (Fsp3) is 0.562. The maximum Gasteiger partial charge on any atom is 0.176 e. The van der Waals surface area contributed by atoms with E-state index in [1.807, 2.05) is 36.0 Å². The van der Waals surface area contributed by atoms with E-state index in [0.717, 1.165) is 36.6 Å². The van der Waals surface area contributed by atoms with E-state index in [9.17, 15) is 4.79 Å². The van der Waals surface area contributed by atoms with Gasteiger partial charge >= 0.3 is 0 Å². The molecule has 2 rings (SSSR count). The van der Waals surface area contributed by atoms with Gasteiger partial charge in [0.15, 0.2) is 5.78 Å². The lowest BCUT2D eigenvalue weighted by molar-refractivity contribution is 0.0934. The number of benzene rings is 1. The average molecular weight is 293 g/mol. The normalized spacial score (nSPS) is 19.4. The van der Waals surface area contributed by atoms with E-state index >= 15 is 0 Å². The molecular weight excluding hydrogens is 270 g/mol. The Morgan fingerprint density at radius 3 is 2.65 bits per heavy atom. The zero-order valence-corrected chi connectivity index (χ0v) is 13.3. The van der Waals surface area contributed by atoms with E-state index < -0.39 is 0 Å². The first-order chi connectivity index (χ1) is 9.50. The minimum atomic E-state index is 0.192. The highest BCUT2D eigenvalue weighted by atomic mass is 32.2. The number of hydrogen-bond donors (Lipinski definition) is 0. The second-order valence-electron chi connectivity index (χ2n) is 5.79. The Morgan fingerprint density at radius 2 is 2.00 bits per heavy atom. The van der Waals surface area contributed by atoms with E-state index in [1.165, 1.54) is 0 Å². The van der Waals surface area contributed by atoms with Gasteiger partial charge in [-0.25, -0.2) is 0 Å². The molecule has 20 heavy (non-hydrogen) atoms. The average Bonchev–Trinajstić information content (AvgIpc) is 2.60. The summed E-state index contributed by atoms with van der Waals surface area (Å²) in [6.45, 7) is 7.08. The summed E-state index contributed by atoms with van der Waals surface area (Å²) in [7, 11) is 1.63. The van der Waals surface area contributed by atoms with Gasteiger partial charge in [0.2, 0.25) is 0 Å². The van der Waals surface area contributed by atoms with Gasteiger partial charge in [0, 0.05) is 22.6 Å². The topological polar surface area (TPSA) is 29.5 Å². The van der Waals surface area contributed by atoms with Gasteiger partial charge in [-0.3, -0.25) is 9.69 Å². The number of carbonyl (C=O) groups is 1. The largest absolute Gasteiger partial charge is 0.497 e. The molecule has 1 saturated heterocycles. The third-order valence-corrected chi connectivity index (χ3v) is 5.08. The summed E-state index contributed by atoms with van der Waals surface area (Å²) in [4.78, 5) is 14.6. The first kappa shape index (κ1) is 15.4. The molecule has 0 saturated carbocycles. The molecule has 0 aromatic heterocycles. The summed E-state index contributed by atoms with van der Waals surface area (Å²) >= 11 is 2.00. The number of methoxy groups -OCH3 is 1. The molecule has 3 nitrogen and oxygen atoms in total. The third kappa shape index (κ3) is 4.25. The predicted molar refractivity (Wildman–Crippen MR) is 84.9 cm³/mol. The van der Waals surface area contributed by atoms with E-state index in [0.29, 0.717) is 11.3 Å². The second kappa shape index (κ2) is 6.64. The maximum atomic E-state index is 12.3. The van der Waals surface area contributed by atoms with Crippen molar-refractivity contribution in [3.63, 3.8) is 0 Å². The van der Waals surface area contributed by atoms with E-state index in [4.69, 9.17) is 4.74 Å². The molecule has 110 valence electrons. The van der Waals surface area contributed by atoms with E-state index in [-0.39, 0.29) is 5.78 Å². The number of thioether (sulfide) groups is 1. The molecule has 1 aromatic rings. The summed E-state index contributed by atoms with van der Waals surface area (Å²) in [5.41, 5.74) is 0.766. The van der Waals surface area contributed by atoms with Crippen molar-refractivity contribution in [3.8, 4) is 5.75 Å². The third-order valence-electron chi connectivity index (χ3n) is 3.71. The Balaban J connectivity index is 1.93. The lowest BCUT2D eigenvalue weighted by Crippen LogP contribution is -2.32. The highest BCUT2D eigenvalue weighted by Crippen LogP contribution is 2.30. The van der Waals surface area contributed by atoms with Crippen molar-refractivity contribution >= 4 is 17.5 Å². The van der Waals surface area contributed by atoms with Crippen molar-refractivity contribution in [2.75, 3.05) is 32.5 Å². The molecule has 0 N–H and O–H groups in total. The van der Waals surface area contributed by atoms with Gasteiger partial charge in [-0.15, -0.1) is 0 Å². The monoisotopic (exact) mass is 293 g/mol. The van der Waals surface area contributed by atoms with Crippen LogP contribution in [0.5, 0.6) is 5.75 Å². The van der Waals surface area contributed by atoms with Gasteiger partial charge in [-0.1, -0.05) is 13.8 Å². The molecule has 0 bridgehead atoms. The molecular formula is C16H23NO2S. The van der Waals surface area contributed by atoms with Crippen molar-refractivity contribution in [3.05, 3.63) is 29.8 Å². The van der Waals surface area contributed by atoms with Crippen molar-refractivity contribution in [1.82, 2.24) is 4.90 Å². The van der Waals surface area contributed by atoms with Crippen LogP contribution in [-0.2, 0) is 0 Å². The molecule has 0 atom stereocenters. The molecule has 0 spiro atoms. The van der Waals surface area contributed by atoms with Gasteiger partial charge in [-0.2, -0.15) is 11.8 Å². The summed E-state index contributed by atoms with van der Waals surface area (Å²) in [5, 5.41) is 0. The first-order valence-electron chi connectivity index (χ1n) is 7.04. The summed E-state index contributed by atoms with van der Waals surface area (Å²) < 4.78 is 5.45. The molecule has 1 fully saturated rings. The Morgan fingerprint density at radius 1 is 1.30 bits per heavy atom. The predicted octanol–water partition coefficient (Wildman–Crippen LogP) is 3.10. The fourth-order valence-electron chi connectivity index (χ4n) is 2.29. The standard InChI is InChI=1S/C16H23NO2S/c1-16(2)8-9-17(10-11-20-16)12-15(18)13-4-6-14(19-3)7-5-13/h4-7H,8-12H2,1-3H3.